The summed E-state index contributed by atoms with van der Waals surface area (Å²) in [6.45, 7) is 10.6. The summed E-state index contributed by atoms with van der Waals surface area (Å²) in [5.74, 6) is 0.902. The van der Waals surface area contributed by atoms with Crippen molar-refractivity contribution in [3.63, 3.8) is 0 Å². The molecule has 1 aliphatic carbocycles. The number of likely N-dealkylation sites (tertiary alicyclic amines) is 1. The molecule has 0 aromatic rings. The maximum atomic E-state index is 11.4. The largest absolute Gasteiger partial charge is 0.298 e. The van der Waals surface area contributed by atoms with Crippen LogP contribution in [-0.4, -0.2) is 30.3 Å². The van der Waals surface area contributed by atoms with Crippen molar-refractivity contribution in [3.05, 3.63) is 48.6 Å². The van der Waals surface area contributed by atoms with Gasteiger partial charge < -0.3 is 0 Å². The average molecular weight is 243 g/mol. The van der Waals surface area contributed by atoms with Crippen LogP contribution in [-0.2, 0) is 4.79 Å². The first-order valence-electron chi connectivity index (χ1n) is 6.62. The van der Waals surface area contributed by atoms with E-state index in [0.717, 1.165) is 38.9 Å². The lowest BCUT2D eigenvalue weighted by atomic mass is 9.82. The van der Waals surface area contributed by atoms with Gasteiger partial charge in [-0.3, -0.25) is 9.69 Å². The second-order valence-electron chi connectivity index (χ2n) is 5.09. The highest BCUT2D eigenvalue weighted by Crippen LogP contribution is 2.30. The Hall–Kier alpha value is -1.41. The molecule has 0 saturated carbocycles. The zero-order valence-electron chi connectivity index (χ0n) is 10.9. The highest BCUT2D eigenvalue weighted by molar-refractivity contribution is 5.91. The van der Waals surface area contributed by atoms with Crippen molar-refractivity contribution >= 4 is 5.78 Å². The molecule has 0 aromatic heterocycles. The fraction of sp³-hybridized carbons (Fsp3) is 0.438. The van der Waals surface area contributed by atoms with Crippen LogP contribution in [0.25, 0.3) is 0 Å². The van der Waals surface area contributed by atoms with Gasteiger partial charge >= 0.3 is 0 Å². The van der Waals surface area contributed by atoms with E-state index in [1.807, 2.05) is 24.3 Å². The lowest BCUT2D eigenvalue weighted by Gasteiger charge is -2.36. The number of rotatable bonds is 4. The van der Waals surface area contributed by atoms with Gasteiger partial charge in [0.1, 0.15) is 0 Å². The van der Waals surface area contributed by atoms with Crippen molar-refractivity contribution < 1.29 is 4.79 Å². The zero-order chi connectivity index (χ0) is 13.0. The summed E-state index contributed by atoms with van der Waals surface area (Å²) in [4.78, 5) is 13.8. The molecule has 96 valence electrons. The van der Waals surface area contributed by atoms with Crippen molar-refractivity contribution in [3.8, 4) is 0 Å². The molecule has 2 aliphatic rings. The van der Waals surface area contributed by atoms with Gasteiger partial charge in [-0.05, 0) is 30.4 Å². The van der Waals surface area contributed by atoms with Crippen LogP contribution in [0.4, 0.5) is 0 Å². The summed E-state index contributed by atoms with van der Waals surface area (Å²) < 4.78 is 0. The number of hydrogen-bond acceptors (Lipinski definition) is 2. The van der Waals surface area contributed by atoms with Crippen LogP contribution in [0, 0.1) is 5.92 Å². The lowest BCUT2D eigenvalue weighted by Crippen LogP contribution is -2.39. The van der Waals surface area contributed by atoms with E-state index in [0.29, 0.717) is 11.7 Å². The van der Waals surface area contributed by atoms with Gasteiger partial charge in [0.15, 0.2) is 5.78 Å². The van der Waals surface area contributed by atoms with E-state index in [4.69, 9.17) is 0 Å². The summed E-state index contributed by atoms with van der Waals surface area (Å²) in [5, 5.41) is 0. The van der Waals surface area contributed by atoms with E-state index in [2.05, 4.69) is 18.1 Å². The van der Waals surface area contributed by atoms with Crippen molar-refractivity contribution in [1.82, 2.24) is 4.90 Å². The molecule has 18 heavy (non-hydrogen) atoms. The van der Waals surface area contributed by atoms with E-state index in [-0.39, 0.29) is 0 Å². The molecular weight excluding hydrogens is 222 g/mol. The Morgan fingerprint density at radius 3 is 3.00 bits per heavy atom. The molecule has 0 spiro atoms. The number of piperidine rings is 1. The minimum atomic E-state index is 0.313. The second-order valence-corrected chi connectivity index (χ2v) is 5.09. The zero-order valence-corrected chi connectivity index (χ0v) is 10.9. The lowest BCUT2D eigenvalue weighted by molar-refractivity contribution is -0.115. The van der Waals surface area contributed by atoms with Crippen molar-refractivity contribution in [2.45, 2.75) is 19.3 Å². The quantitative estimate of drug-likeness (QED) is 0.708. The van der Waals surface area contributed by atoms with Crippen LogP contribution >= 0.6 is 0 Å². The Balaban J connectivity index is 1.97. The summed E-state index contributed by atoms with van der Waals surface area (Å²) in [6.07, 6.45) is 10.4. The fourth-order valence-electron chi connectivity index (χ4n) is 2.81. The topological polar surface area (TPSA) is 20.3 Å². The molecule has 2 nitrogen and oxygen atoms in total. The second kappa shape index (κ2) is 5.96. The molecule has 2 rings (SSSR count). The normalized spacial score (nSPS) is 25.3. The van der Waals surface area contributed by atoms with E-state index in [1.54, 1.807) is 0 Å². The molecular formula is C16H21NO. The van der Waals surface area contributed by atoms with Gasteiger partial charge in [0.05, 0.1) is 0 Å². The highest BCUT2D eigenvalue weighted by Gasteiger charge is 2.27. The minimum Gasteiger partial charge on any atom is -0.298 e. The Kier molecular flexibility index (Phi) is 4.32. The third kappa shape index (κ3) is 3.08. The number of nitrogens with zero attached hydrogens (tertiary/aromatic N) is 1. The Bertz CT molecular complexity index is 417. The number of carbonyl (C=O) groups excluding carboxylic acids is 1. The van der Waals surface area contributed by atoms with E-state index in [1.165, 1.54) is 11.1 Å². The van der Waals surface area contributed by atoms with E-state index in [9.17, 15) is 4.79 Å². The molecule has 1 atom stereocenters. The van der Waals surface area contributed by atoms with Gasteiger partial charge in [-0.2, -0.15) is 0 Å². The molecule has 0 bridgehead atoms. The van der Waals surface area contributed by atoms with E-state index < -0.39 is 0 Å². The highest BCUT2D eigenvalue weighted by atomic mass is 16.1. The number of carbonyl (C=O) groups is 1. The van der Waals surface area contributed by atoms with Crippen molar-refractivity contribution in [2.24, 2.45) is 5.92 Å². The Morgan fingerprint density at radius 1 is 1.44 bits per heavy atom. The maximum Gasteiger partial charge on any atom is 0.155 e. The molecule has 0 amide bonds. The Morgan fingerprint density at radius 2 is 2.28 bits per heavy atom. The standard InChI is InChI=1S/C16H21NO/c1-3-5-13(4-2)11-17-9-8-14-10-16(18)7-6-15(14)12-17/h3-5,10,15H,1-2,6-9,11-12H2/b13-5+. The van der Waals surface area contributed by atoms with Crippen LogP contribution in [0.2, 0.25) is 0 Å². The number of ketones is 1. The smallest absolute Gasteiger partial charge is 0.155 e. The van der Waals surface area contributed by atoms with E-state index >= 15 is 0 Å². The molecule has 1 saturated heterocycles. The van der Waals surface area contributed by atoms with Gasteiger partial charge in [0, 0.05) is 26.1 Å². The monoisotopic (exact) mass is 243 g/mol. The molecule has 0 N–H and O–H groups in total. The molecule has 0 aromatic carbocycles. The number of allylic oxidation sites excluding steroid dienone is 3. The molecule has 1 fully saturated rings. The third-order valence-corrected chi connectivity index (χ3v) is 3.81. The van der Waals surface area contributed by atoms with Crippen molar-refractivity contribution in [2.75, 3.05) is 19.6 Å². The van der Waals surface area contributed by atoms with Crippen LogP contribution in [0.1, 0.15) is 19.3 Å². The minimum absolute atomic E-state index is 0.313. The van der Waals surface area contributed by atoms with Crippen LogP contribution < -0.4 is 0 Å². The fourth-order valence-corrected chi connectivity index (χ4v) is 2.81. The summed E-state index contributed by atoms with van der Waals surface area (Å²) in [6, 6.07) is 0. The summed E-state index contributed by atoms with van der Waals surface area (Å²) in [7, 11) is 0. The molecule has 0 radical (unpaired) electrons. The number of fused-ring (bicyclic) bond motifs is 1. The predicted molar refractivity (Wildman–Crippen MR) is 75.3 cm³/mol. The molecule has 1 aliphatic heterocycles. The predicted octanol–water partition coefficient (Wildman–Crippen LogP) is 2.90. The Labute approximate surface area is 109 Å². The van der Waals surface area contributed by atoms with Crippen LogP contribution in [0.3, 0.4) is 0 Å². The van der Waals surface area contributed by atoms with Crippen LogP contribution in [0.15, 0.2) is 48.6 Å². The first kappa shape index (κ1) is 13.0. The van der Waals surface area contributed by atoms with Gasteiger partial charge in [-0.25, -0.2) is 0 Å². The van der Waals surface area contributed by atoms with Gasteiger partial charge in [-0.1, -0.05) is 37.0 Å². The summed E-state index contributed by atoms with van der Waals surface area (Å²) in [5.41, 5.74) is 2.58. The molecule has 1 heterocycles. The SMILES string of the molecule is C=C/C=C(\C=C)CN1CCC2=CC(=O)CCC2C1. The van der Waals surface area contributed by atoms with Crippen LogP contribution in [0.5, 0.6) is 0 Å². The molecule has 1 unspecified atom stereocenters. The first-order chi connectivity index (χ1) is 8.72. The van der Waals surface area contributed by atoms with Gasteiger partial charge in [0.25, 0.3) is 0 Å². The van der Waals surface area contributed by atoms with Gasteiger partial charge in [0.2, 0.25) is 0 Å². The first-order valence-corrected chi connectivity index (χ1v) is 6.62. The third-order valence-electron chi connectivity index (χ3n) is 3.81. The number of hydrogen-bond donors (Lipinski definition) is 0. The molecule has 2 heteroatoms. The van der Waals surface area contributed by atoms with Crippen molar-refractivity contribution in [1.29, 1.82) is 0 Å². The maximum absolute atomic E-state index is 11.4. The summed E-state index contributed by atoms with van der Waals surface area (Å²) >= 11 is 0. The average Bonchev–Trinajstić information content (AvgIpc) is 2.38. The van der Waals surface area contributed by atoms with Gasteiger partial charge in [-0.15, -0.1) is 0 Å².